The predicted molar refractivity (Wildman–Crippen MR) is 74.9 cm³/mol. The molecule has 2 fully saturated rings. The number of carboxylic acid groups (broad SMARTS) is 1. The molecule has 2 unspecified atom stereocenters. The van der Waals surface area contributed by atoms with E-state index >= 15 is 0 Å². The molecule has 21 heavy (non-hydrogen) atoms. The second-order valence-corrected chi connectivity index (χ2v) is 5.97. The Bertz CT molecular complexity index is 538. The van der Waals surface area contributed by atoms with E-state index in [0.717, 1.165) is 18.5 Å². The van der Waals surface area contributed by atoms with Crippen molar-refractivity contribution in [3.05, 3.63) is 23.8 Å². The zero-order valence-electron chi connectivity index (χ0n) is 11.8. The van der Waals surface area contributed by atoms with Crippen molar-refractivity contribution in [3.8, 4) is 0 Å². The summed E-state index contributed by atoms with van der Waals surface area (Å²) in [5.41, 5.74) is 0.0207. The van der Waals surface area contributed by atoms with E-state index in [1.165, 1.54) is 38.3 Å². The highest BCUT2D eigenvalue weighted by molar-refractivity contribution is 5.93. The summed E-state index contributed by atoms with van der Waals surface area (Å²) >= 11 is 0. The van der Waals surface area contributed by atoms with Crippen LogP contribution in [0.3, 0.4) is 0 Å². The number of aromatic nitrogens is 2. The first-order valence-corrected chi connectivity index (χ1v) is 7.51. The number of hydrogen-bond acceptors (Lipinski definition) is 4. The molecule has 0 aliphatic heterocycles. The highest BCUT2D eigenvalue weighted by Crippen LogP contribution is 2.44. The molecule has 2 N–H and O–H groups in total. The van der Waals surface area contributed by atoms with Crippen molar-refractivity contribution in [2.24, 2.45) is 11.8 Å². The van der Waals surface area contributed by atoms with Gasteiger partial charge in [0.15, 0.2) is 5.69 Å². The highest BCUT2D eigenvalue weighted by Gasteiger charge is 2.43. The van der Waals surface area contributed by atoms with Gasteiger partial charge in [0.05, 0.1) is 12.4 Å². The van der Waals surface area contributed by atoms with E-state index in [-0.39, 0.29) is 23.3 Å². The number of nitrogens with one attached hydrogen (secondary N) is 1. The van der Waals surface area contributed by atoms with E-state index in [1.54, 1.807) is 0 Å². The van der Waals surface area contributed by atoms with E-state index in [2.05, 4.69) is 15.3 Å². The third-order valence-electron chi connectivity index (χ3n) is 4.52. The second-order valence-electron chi connectivity index (χ2n) is 5.97. The normalized spacial score (nSPS) is 25.3. The van der Waals surface area contributed by atoms with Crippen molar-refractivity contribution in [2.75, 3.05) is 0 Å². The fourth-order valence-corrected chi connectivity index (χ4v) is 3.26. The van der Waals surface area contributed by atoms with E-state index in [1.807, 2.05) is 0 Å². The highest BCUT2D eigenvalue weighted by atomic mass is 16.4. The predicted octanol–water partition coefficient (Wildman–Crippen LogP) is 1.87. The van der Waals surface area contributed by atoms with Gasteiger partial charge in [0.1, 0.15) is 5.69 Å². The van der Waals surface area contributed by atoms with Gasteiger partial charge in [0.2, 0.25) is 0 Å². The first-order valence-electron chi connectivity index (χ1n) is 7.51. The molecule has 6 heteroatoms. The average Bonchev–Trinajstić information content (AvgIpc) is 3.27. The van der Waals surface area contributed by atoms with Gasteiger partial charge in [-0.1, -0.05) is 32.1 Å². The van der Waals surface area contributed by atoms with Crippen LogP contribution in [-0.2, 0) is 0 Å². The van der Waals surface area contributed by atoms with Crippen LogP contribution in [0.15, 0.2) is 12.4 Å². The zero-order chi connectivity index (χ0) is 14.8. The lowest BCUT2D eigenvalue weighted by atomic mass is 9.85. The summed E-state index contributed by atoms with van der Waals surface area (Å²) < 4.78 is 0. The Morgan fingerprint density at radius 3 is 2.38 bits per heavy atom. The van der Waals surface area contributed by atoms with E-state index in [4.69, 9.17) is 5.11 Å². The van der Waals surface area contributed by atoms with Crippen molar-refractivity contribution in [1.82, 2.24) is 15.3 Å². The number of hydrogen-bond donors (Lipinski definition) is 2. The summed E-state index contributed by atoms with van der Waals surface area (Å²) in [6, 6.07) is 0.251. The molecule has 1 amide bonds. The molecular formula is C15H19N3O3. The summed E-state index contributed by atoms with van der Waals surface area (Å²) in [6.07, 6.45) is 9.91. The van der Waals surface area contributed by atoms with Gasteiger partial charge in [0.25, 0.3) is 5.91 Å². The van der Waals surface area contributed by atoms with Gasteiger partial charge in [-0.05, 0) is 18.3 Å². The van der Waals surface area contributed by atoms with Crippen LogP contribution in [0.1, 0.15) is 59.5 Å². The van der Waals surface area contributed by atoms with Crippen LogP contribution in [0.5, 0.6) is 0 Å². The maximum Gasteiger partial charge on any atom is 0.356 e. The molecule has 1 aromatic heterocycles. The molecule has 2 atom stereocenters. The first-order chi connectivity index (χ1) is 10.1. The Kier molecular flexibility index (Phi) is 3.86. The molecular weight excluding hydrogens is 270 g/mol. The Balaban J connectivity index is 1.54. The number of carbonyl (C=O) groups is 2. The molecule has 6 nitrogen and oxygen atoms in total. The van der Waals surface area contributed by atoms with E-state index in [0.29, 0.717) is 5.92 Å². The van der Waals surface area contributed by atoms with Crippen LogP contribution in [0.2, 0.25) is 0 Å². The monoisotopic (exact) mass is 289 g/mol. The maximum atomic E-state index is 12.0. The molecule has 2 aliphatic rings. The molecule has 0 aromatic carbocycles. The average molecular weight is 289 g/mol. The van der Waals surface area contributed by atoms with Crippen molar-refractivity contribution < 1.29 is 14.7 Å². The van der Waals surface area contributed by atoms with Crippen molar-refractivity contribution in [1.29, 1.82) is 0 Å². The topological polar surface area (TPSA) is 92.2 Å². The van der Waals surface area contributed by atoms with Gasteiger partial charge >= 0.3 is 5.97 Å². The Hall–Kier alpha value is -1.98. The van der Waals surface area contributed by atoms with Crippen LogP contribution >= 0.6 is 0 Å². The lowest BCUT2D eigenvalue weighted by Gasteiger charge is -2.21. The van der Waals surface area contributed by atoms with Crippen LogP contribution in [0, 0.1) is 11.8 Å². The van der Waals surface area contributed by atoms with Gasteiger partial charge in [-0.2, -0.15) is 0 Å². The molecule has 0 spiro atoms. The largest absolute Gasteiger partial charge is 0.476 e. The summed E-state index contributed by atoms with van der Waals surface area (Å²) in [4.78, 5) is 30.3. The molecule has 2 saturated carbocycles. The minimum absolute atomic E-state index is 0.155. The third kappa shape index (κ3) is 3.20. The van der Waals surface area contributed by atoms with Crippen molar-refractivity contribution in [3.63, 3.8) is 0 Å². The number of carbonyl (C=O) groups excluding carboxylic acids is 1. The van der Waals surface area contributed by atoms with E-state index in [9.17, 15) is 9.59 Å². The zero-order valence-corrected chi connectivity index (χ0v) is 11.8. The smallest absolute Gasteiger partial charge is 0.356 e. The molecule has 112 valence electrons. The van der Waals surface area contributed by atoms with Crippen LogP contribution in [0.25, 0.3) is 0 Å². The standard InChI is InChI=1S/C15H19N3O3/c19-14(12-7-17-13(8-16-12)15(20)21)18-11-6-10(11)9-4-2-1-3-5-9/h7-11H,1-6H2,(H,18,19)(H,20,21). The Labute approximate surface area is 123 Å². The summed E-state index contributed by atoms with van der Waals surface area (Å²) in [6.45, 7) is 0. The molecule has 2 aliphatic carbocycles. The second kappa shape index (κ2) is 5.79. The number of amides is 1. The van der Waals surface area contributed by atoms with Gasteiger partial charge < -0.3 is 10.4 Å². The first kappa shape index (κ1) is 14.0. The molecule has 1 aromatic rings. The lowest BCUT2D eigenvalue weighted by molar-refractivity contribution is 0.0689. The van der Waals surface area contributed by atoms with Crippen LogP contribution < -0.4 is 5.32 Å². The van der Waals surface area contributed by atoms with Crippen molar-refractivity contribution in [2.45, 2.75) is 44.6 Å². The molecule has 1 heterocycles. The summed E-state index contributed by atoms with van der Waals surface area (Å²) in [5, 5.41) is 11.7. The number of rotatable bonds is 4. The molecule has 0 radical (unpaired) electrons. The SMILES string of the molecule is O=C(O)c1cnc(C(=O)NC2CC2C2CCCCC2)cn1. The Morgan fingerprint density at radius 2 is 1.76 bits per heavy atom. The summed E-state index contributed by atoms with van der Waals surface area (Å²) in [5.74, 6) is -0.0400. The minimum Gasteiger partial charge on any atom is -0.476 e. The molecule has 0 bridgehead atoms. The number of carboxylic acids is 1. The third-order valence-corrected chi connectivity index (χ3v) is 4.52. The minimum atomic E-state index is -1.14. The maximum absolute atomic E-state index is 12.0. The number of aromatic carboxylic acids is 1. The van der Waals surface area contributed by atoms with Gasteiger partial charge in [-0.15, -0.1) is 0 Å². The van der Waals surface area contributed by atoms with Crippen molar-refractivity contribution >= 4 is 11.9 Å². The lowest BCUT2D eigenvalue weighted by Crippen LogP contribution is -2.29. The van der Waals surface area contributed by atoms with E-state index < -0.39 is 5.97 Å². The molecule has 3 rings (SSSR count). The fraction of sp³-hybridized carbons (Fsp3) is 0.600. The van der Waals surface area contributed by atoms with Gasteiger partial charge in [-0.3, -0.25) is 4.79 Å². The number of nitrogens with zero attached hydrogens (tertiary/aromatic N) is 2. The quantitative estimate of drug-likeness (QED) is 0.882. The Morgan fingerprint density at radius 1 is 1.10 bits per heavy atom. The van der Waals surface area contributed by atoms with Gasteiger partial charge in [0, 0.05) is 6.04 Å². The summed E-state index contributed by atoms with van der Waals surface area (Å²) in [7, 11) is 0. The van der Waals surface area contributed by atoms with Crippen LogP contribution in [-0.4, -0.2) is 33.0 Å². The van der Waals surface area contributed by atoms with Crippen LogP contribution in [0.4, 0.5) is 0 Å². The van der Waals surface area contributed by atoms with Gasteiger partial charge in [-0.25, -0.2) is 14.8 Å². The fourth-order valence-electron chi connectivity index (χ4n) is 3.26. The molecule has 0 saturated heterocycles.